The quantitative estimate of drug-likeness (QED) is 0.161. The third kappa shape index (κ3) is 8.91. The number of aromatic hydroxyl groups is 1. The molecule has 0 aliphatic carbocycles. The smallest absolute Gasteiger partial charge is 0.255 e. The molecule has 4 aromatic rings. The van der Waals surface area contributed by atoms with Crippen molar-refractivity contribution in [2.75, 3.05) is 81.5 Å². The Hall–Kier alpha value is -6.88. The third-order valence-corrected chi connectivity index (χ3v) is 14.8. The van der Waals surface area contributed by atoms with Gasteiger partial charge in [0.2, 0.25) is 23.6 Å². The highest BCUT2D eigenvalue weighted by Crippen LogP contribution is 2.42. The number of likely N-dealkylation sites (N-methyl/N-ethyl adjacent to an activating group) is 1. The van der Waals surface area contributed by atoms with Gasteiger partial charge in [-0.05, 0) is 86.9 Å². The molecule has 0 saturated carbocycles. The molecule has 1 spiro atoms. The van der Waals surface area contributed by atoms with Crippen LogP contribution in [0.2, 0.25) is 0 Å². The maximum Gasteiger partial charge on any atom is 0.255 e. The standard InChI is InChI=1S/C50H57N9O8/c1-55(40-13-14-43(62)52-45(40)63)47(65)37-12-11-36(29-34(37)31-60)56-21-15-33(16-22-56)46(64)59-27-28-67-49(32-59)17-23-58(24-18-49)48(66)50(35-7-3-2-4-8-35)19-25-57(26-20-50)41-30-39(53-54-44(41)51)38-9-5-6-10-42(38)61/h2-12,29-31,33,40,61H,13-28,32H2,1H3,(H2,51,54)(H,52,62,63). The summed E-state index contributed by atoms with van der Waals surface area (Å²) in [5.74, 6) is -0.957. The molecule has 17 nitrogen and oxygen atoms in total. The number of hydrogen-bond donors (Lipinski definition) is 3. The monoisotopic (exact) mass is 911 g/mol. The first-order chi connectivity index (χ1) is 32.4. The molecule has 5 aliphatic rings. The van der Waals surface area contributed by atoms with E-state index in [9.17, 15) is 33.9 Å². The van der Waals surface area contributed by atoms with Crippen molar-refractivity contribution in [2.45, 2.75) is 68.4 Å². The van der Waals surface area contributed by atoms with Gasteiger partial charge in [0.15, 0.2) is 12.1 Å². The second-order valence-corrected chi connectivity index (χ2v) is 18.6. The zero-order valence-electron chi connectivity index (χ0n) is 37.8. The summed E-state index contributed by atoms with van der Waals surface area (Å²) in [7, 11) is 1.50. The fourth-order valence-electron chi connectivity index (χ4n) is 10.8. The molecule has 0 bridgehead atoms. The van der Waals surface area contributed by atoms with Gasteiger partial charge in [-0.2, -0.15) is 0 Å². The van der Waals surface area contributed by atoms with Gasteiger partial charge in [0.05, 0.1) is 34.6 Å². The van der Waals surface area contributed by atoms with Gasteiger partial charge in [-0.15, -0.1) is 10.2 Å². The number of piperidine rings is 4. The number of carbonyl (C=O) groups is 6. The van der Waals surface area contributed by atoms with Crippen LogP contribution in [0, 0.1) is 5.92 Å². The van der Waals surface area contributed by atoms with Crippen molar-refractivity contribution in [3.8, 4) is 17.0 Å². The number of carbonyl (C=O) groups excluding carboxylic acids is 6. The van der Waals surface area contributed by atoms with Crippen LogP contribution in [0.3, 0.4) is 0 Å². The van der Waals surface area contributed by atoms with Crippen molar-refractivity contribution in [1.29, 1.82) is 0 Å². The molecule has 5 saturated heterocycles. The molecule has 1 atom stereocenters. The number of anilines is 3. The number of nitrogen functional groups attached to an aromatic ring is 1. The number of aromatic nitrogens is 2. The number of likely N-dealkylation sites (tertiary alicyclic amines) is 1. The number of nitrogens with one attached hydrogen (secondary N) is 1. The number of hydrogen-bond acceptors (Lipinski definition) is 13. The molecular weight excluding hydrogens is 855 g/mol. The van der Waals surface area contributed by atoms with E-state index in [0.29, 0.717) is 121 Å². The van der Waals surface area contributed by atoms with E-state index in [2.05, 4.69) is 25.3 Å². The second-order valence-electron chi connectivity index (χ2n) is 18.6. The zero-order chi connectivity index (χ0) is 46.9. The van der Waals surface area contributed by atoms with Crippen molar-refractivity contribution in [2.24, 2.45) is 5.92 Å². The van der Waals surface area contributed by atoms with E-state index in [1.807, 2.05) is 52.3 Å². The summed E-state index contributed by atoms with van der Waals surface area (Å²) in [6.45, 7) is 4.76. The predicted octanol–water partition coefficient (Wildman–Crippen LogP) is 3.80. The number of nitrogens with two attached hydrogens (primary N) is 1. The second kappa shape index (κ2) is 18.8. The Balaban J connectivity index is 0.806. The lowest BCUT2D eigenvalue weighted by Crippen LogP contribution is -2.61. The van der Waals surface area contributed by atoms with Gasteiger partial charge in [0.1, 0.15) is 11.8 Å². The van der Waals surface area contributed by atoms with Gasteiger partial charge in [-0.3, -0.25) is 34.1 Å². The van der Waals surface area contributed by atoms with E-state index < -0.39 is 28.9 Å². The van der Waals surface area contributed by atoms with Crippen molar-refractivity contribution in [3.63, 3.8) is 0 Å². The molecule has 4 N–H and O–H groups in total. The molecule has 3 aromatic carbocycles. The number of rotatable bonds is 9. The molecule has 1 unspecified atom stereocenters. The number of phenolic OH excluding ortho intramolecular Hbond substituents is 1. The molecule has 9 rings (SSSR count). The lowest BCUT2D eigenvalue weighted by molar-refractivity contribution is -0.167. The Morgan fingerprint density at radius 3 is 2.25 bits per heavy atom. The highest BCUT2D eigenvalue weighted by molar-refractivity contribution is 6.06. The van der Waals surface area contributed by atoms with Crippen LogP contribution in [0.15, 0.2) is 78.9 Å². The van der Waals surface area contributed by atoms with Gasteiger partial charge in [-0.1, -0.05) is 42.5 Å². The fourth-order valence-corrected chi connectivity index (χ4v) is 10.8. The van der Waals surface area contributed by atoms with Gasteiger partial charge in [-0.25, -0.2) is 0 Å². The Morgan fingerprint density at radius 1 is 0.836 bits per heavy atom. The van der Waals surface area contributed by atoms with Gasteiger partial charge in [0, 0.05) is 88.6 Å². The van der Waals surface area contributed by atoms with E-state index in [0.717, 1.165) is 11.3 Å². The number of para-hydroxylation sites is 1. The minimum absolute atomic E-state index is 0.0977. The van der Waals surface area contributed by atoms with Gasteiger partial charge in [0.25, 0.3) is 5.91 Å². The van der Waals surface area contributed by atoms with Crippen LogP contribution in [-0.2, 0) is 29.3 Å². The highest BCUT2D eigenvalue weighted by atomic mass is 16.5. The van der Waals surface area contributed by atoms with Crippen LogP contribution < -0.4 is 20.9 Å². The molecule has 6 heterocycles. The van der Waals surface area contributed by atoms with Crippen molar-refractivity contribution in [3.05, 3.63) is 95.6 Å². The molecule has 17 heteroatoms. The normalized spacial score (nSPS) is 20.9. The third-order valence-electron chi connectivity index (χ3n) is 14.8. The maximum atomic E-state index is 14.9. The van der Waals surface area contributed by atoms with E-state index in [-0.39, 0.29) is 59.2 Å². The van der Waals surface area contributed by atoms with Crippen molar-refractivity contribution >= 4 is 53.0 Å². The van der Waals surface area contributed by atoms with Crippen LogP contribution in [0.4, 0.5) is 17.2 Å². The number of aldehydes is 1. The minimum atomic E-state index is -0.806. The zero-order valence-corrected chi connectivity index (χ0v) is 37.8. The molecular formula is C50H57N9O8. The van der Waals surface area contributed by atoms with E-state index in [4.69, 9.17) is 10.5 Å². The summed E-state index contributed by atoms with van der Waals surface area (Å²) in [5.41, 5.74) is 9.03. The maximum absolute atomic E-state index is 14.9. The first kappa shape index (κ1) is 45.3. The van der Waals surface area contributed by atoms with Crippen LogP contribution in [0.25, 0.3) is 11.3 Å². The lowest BCUT2D eigenvalue weighted by atomic mass is 9.71. The number of morpholine rings is 1. The predicted molar refractivity (Wildman–Crippen MR) is 249 cm³/mol. The molecule has 5 amide bonds. The Kier molecular flexibility index (Phi) is 12.7. The van der Waals surface area contributed by atoms with Gasteiger partial charge >= 0.3 is 0 Å². The van der Waals surface area contributed by atoms with Crippen LogP contribution in [-0.4, -0.2) is 143 Å². The number of amides is 5. The number of phenols is 1. The lowest BCUT2D eigenvalue weighted by Gasteiger charge is -2.50. The van der Waals surface area contributed by atoms with Crippen LogP contribution in [0.5, 0.6) is 5.75 Å². The molecule has 350 valence electrons. The minimum Gasteiger partial charge on any atom is -0.507 e. The molecule has 1 aromatic heterocycles. The summed E-state index contributed by atoms with van der Waals surface area (Å²) in [4.78, 5) is 88.2. The Labute approximate surface area is 389 Å². The number of ether oxygens (including phenoxy) is 1. The Bertz CT molecular complexity index is 2550. The summed E-state index contributed by atoms with van der Waals surface area (Å²) < 4.78 is 6.49. The summed E-state index contributed by atoms with van der Waals surface area (Å²) in [6, 6.07) is 23.1. The van der Waals surface area contributed by atoms with Crippen LogP contribution >= 0.6 is 0 Å². The van der Waals surface area contributed by atoms with E-state index in [1.54, 1.807) is 36.4 Å². The molecule has 5 fully saturated rings. The SMILES string of the molecule is CN(C(=O)c1ccc(N2CCC(C(=O)N3CCOC4(CCN(C(=O)C5(c6ccccc6)CCN(c6cc(-c7ccccc7O)nnc6N)CC5)CC4)C3)CC2)cc1C=O)C1CCC(=O)NC1=O. The first-order valence-electron chi connectivity index (χ1n) is 23.3. The van der Waals surface area contributed by atoms with Gasteiger partial charge < -0.3 is 40.1 Å². The average molecular weight is 912 g/mol. The average Bonchev–Trinajstić information content (AvgIpc) is 3.36. The Morgan fingerprint density at radius 2 is 1.55 bits per heavy atom. The van der Waals surface area contributed by atoms with Crippen molar-refractivity contribution < 1.29 is 38.6 Å². The number of nitrogens with zero attached hydrogens (tertiary/aromatic N) is 7. The van der Waals surface area contributed by atoms with Crippen molar-refractivity contribution in [1.82, 2.24) is 30.2 Å². The number of imide groups is 1. The largest absolute Gasteiger partial charge is 0.507 e. The summed E-state index contributed by atoms with van der Waals surface area (Å²) in [5, 5.41) is 21.3. The fraction of sp³-hybridized carbons (Fsp3) is 0.440. The molecule has 67 heavy (non-hydrogen) atoms. The molecule has 0 radical (unpaired) electrons. The summed E-state index contributed by atoms with van der Waals surface area (Å²) in [6.07, 6.45) is 4.61. The number of benzene rings is 3. The highest BCUT2D eigenvalue weighted by Gasteiger charge is 2.49. The molecule has 5 aliphatic heterocycles. The van der Waals surface area contributed by atoms with E-state index in [1.165, 1.54) is 11.9 Å². The topological polar surface area (TPSA) is 212 Å². The first-order valence-corrected chi connectivity index (χ1v) is 23.3. The summed E-state index contributed by atoms with van der Waals surface area (Å²) >= 11 is 0. The van der Waals surface area contributed by atoms with E-state index >= 15 is 0 Å². The van der Waals surface area contributed by atoms with Crippen LogP contribution in [0.1, 0.15) is 77.6 Å².